The molecule has 6 heterocycles. The van der Waals surface area contributed by atoms with Gasteiger partial charge < -0.3 is 25.1 Å². The van der Waals surface area contributed by atoms with Crippen LogP contribution < -0.4 is 24.0 Å². The first-order chi connectivity index (χ1) is 30.5. The van der Waals surface area contributed by atoms with Crippen molar-refractivity contribution in [2.75, 3.05) is 71.8 Å². The van der Waals surface area contributed by atoms with Crippen molar-refractivity contribution in [3.63, 3.8) is 0 Å². The summed E-state index contributed by atoms with van der Waals surface area (Å²) in [6, 6.07) is 32.6. The van der Waals surface area contributed by atoms with E-state index in [2.05, 4.69) is 20.5 Å². The largest absolute Gasteiger partial charge is 0.492 e. The molecule has 322 valence electrons. The van der Waals surface area contributed by atoms with Crippen LogP contribution in [0.15, 0.2) is 119 Å². The van der Waals surface area contributed by atoms with Gasteiger partial charge in [-0.3, -0.25) is 23.1 Å². The number of ether oxygens (including phenoxy) is 2. The fourth-order valence-corrected chi connectivity index (χ4v) is 11.9. The van der Waals surface area contributed by atoms with Crippen molar-refractivity contribution in [3.05, 3.63) is 137 Å². The highest BCUT2D eigenvalue weighted by Crippen LogP contribution is 2.39. The van der Waals surface area contributed by atoms with Crippen molar-refractivity contribution in [1.82, 2.24) is 9.88 Å². The number of H-pyrrole nitrogens is 1. The van der Waals surface area contributed by atoms with Crippen molar-refractivity contribution in [1.29, 1.82) is 0 Å². The minimum absolute atomic E-state index is 0.101. The van der Waals surface area contributed by atoms with Gasteiger partial charge in [-0.05, 0) is 108 Å². The van der Waals surface area contributed by atoms with E-state index in [1.54, 1.807) is 42.5 Å². The minimum atomic E-state index is -3.79. The van der Waals surface area contributed by atoms with Crippen LogP contribution in [0.1, 0.15) is 27.9 Å². The number of para-hydroxylation sites is 2. The fourth-order valence-electron chi connectivity index (χ4n) is 8.78. The molecule has 5 aliphatic heterocycles. The molecule has 5 aromatic carbocycles. The molecule has 1 saturated heterocycles. The van der Waals surface area contributed by atoms with Gasteiger partial charge in [-0.1, -0.05) is 36.4 Å². The summed E-state index contributed by atoms with van der Waals surface area (Å²) in [5, 5.41) is 6.54. The molecule has 3 N–H and O–H groups in total. The molecular weight excluding hydrogens is 841 g/mol. The van der Waals surface area contributed by atoms with Crippen LogP contribution in [0.25, 0.3) is 22.6 Å². The molecule has 14 nitrogen and oxygen atoms in total. The molecule has 0 bridgehead atoms. The van der Waals surface area contributed by atoms with Crippen molar-refractivity contribution < 1.29 is 35.9 Å². The van der Waals surface area contributed by atoms with Gasteiger partial charge in [-0.2, -0.15) is 0 Å². The summed E-state index contributed by atoms with van der Waals surface area (Å²) < 4.78 is 67.4. The second kappa shape index (κ2) is 16.3. The quantitative estimate of drug-likeness (QED) is 0.146. The number of hydrogen-bond donors (Lipinski definition) is 3. The lowest BCUT2D eigenvalue weighted by Crippen LogP contribution is -2.38. The van der Waals surface area contributed by atoms with Crippen LogP contribution in [0.4, 0.5) is 22.7 Å². The molecule has 6 aromatic rings. The molecule has 5 aliphatic rings. The molecule has 0 spiro atoms. The number of benzene rings is 5. The molecule has 0 saturated carbocycles. The Morgan fingerprint density at radius 1 is 0.667 bits per heavy atom. The maximum atomic E-state index is 13.6. The topological polar surface area (TPSA) is 170 Å². The number of rotatable bonds is 9. The van der Waals surface area contributed by atoms with E-state index < -0.39 is 20.0 Å². The molecule has 2 amide bonds. The first-order valence-corrected chi connectivity index (χ1v) is 23.8. The Kier molecular flexibility index (Phi) is 10.5. The number of aromatic nitrogens is 1. The third-order valence-electron chi connectivity index (χ3n) is 12.0. The number of nitrogens with zero attached hydrogens (tertiary/aromatic N) is 3. The Balaban J connectivity index is 0.000000180. The molecule has 1 fully saturated rings. The maximum absolute atomic E-state index is 13.6. The highest BCUT2D eigenvalue weighted by Gasteiger charge is 2.34. The van der Waals surface area contributed by atoms with Crippen molar-refractivity contribution in [3.8, 4) is 5.75 Å². The van der Waals surface area contributed by atoms with Crippen LogP contribution in [-0.2, 0) is 53.6 Å². The number of nitrogens with one attached hydrogen (secondary N) is 3. The van der Waals surface area contributed by atoms with Gasteiger partial charge in [0.1, 0.15) is 12.4 Å². The summed E-state index contributed by atoms with van der Waals surface area (Å²) in [5.74, 6) is 0.411. The number of hydrogen-bond acceptors (Lipinski definition) is 9. The summed E-state index contributed by atoms with van der Waals surface area (Å²) in [6.45, 7) is 5.67. The van der Waals surface area contributed by atoms with E-state index in [9.17, 15) is 26.4 Å². The van der Waals surface area contributed by atoms with E-state index in [0.717, 1.165) is 84.0 Å². The Morgan fingerprint density at radius 2 is 1.32 bits per heavy atom. The standard InChI is InChI=1S/C31H30N4O5S.C16H14N2O3S/c36-31-27(19-23-17-22-18-24(5-7-28(22)32-23)40-16-13-34-11-14-39-15-12-34)26-20-25(6-8-29(26)33-31)41(37,38)35-10-9-21-3-1-2-4-30(21)35;19-16-10-12-9-13(5-6-14(12)17-16)22(20,21)18-8-7-11-3-1-2-4-15(11)18/h1-8,17-20,32H,9-16H2,(H,33,36);1-6,9H,7-8,10H2,(H,17,19)/b27-19+;. The van der Waals surface area contributed by atoms with E-state index in [4.69, 9.17) is 9.47 Å². The number of sulfonamides is 2. The Morgan fingerprint density at radius 3 is 2.02 bits per heavy atom. The van der Waals surface area contributed by atoms with Gasteiger partial charge in [-0.25, -0.2) is 16.8 Å². The van der Waals surface area contributed by atoms with Gasteiger partial charge in [0.2, 0.25) is 5.91 Å². The summed E-state index contributed by atoms with van der Waals surface area (Å²) in [6.07, 6.45) is 3.39. The first kappa shape index (κ1) is 40.6. The van der Waals surface area contributed by atoms with Gasteiger partial charge in [0.25, 0.3) is 26.0 Å². The van der Waals surface area contributed by atoms with Crippen LogP contribution in [0.5, 0.6) is 5.75 Å². The highest BCUT2D eigenvalue weighted by molar-refractivity contribution is 7.93. The monoisotopic (exact) mass is 884 g/mol. The molecular formula is C47H44N6O8S2. The summed E-state index contributed by atoms with van der Waals surface area (Å²) in [5.41, 5.74) is 8.17. The molecule has 16 heteroatoms. The number of aromatic amines is 1. The minimum Gasteiger partial charge on any atom is -0.492 e. The van der Waals surface area contributed by atoms with E-state index in [-0.39, 0.29) is 28.0 Å². The number of morpholine rings is 1. The normalized spacial score (nSPS) is 17.5. The van der Waals surface area contributed by atoms with Gasteiger partial charge in [-0.15, -0.1) is 0 Å². The smallest absolute Gasteiger partial charge is 0.264 e. The van der Waals surface area contributed by atoms with Gasteiger partial charge in [0.05, 0.1) is 46.4 Å². The van der Waals surface area contributed by atoms with Gasteiger partial charge in [0, 0.05) is 66.3 Å². The molecule has 0 atom stereocenters. The van der Waals surface area contributed by atoms with Crippen LogP contribution >= 0.6 is 0 Å². The third kappa shape index (κ3) is 7.84. The first-order valence-electron chi connectivity index (χ1n) is 20.9. The molecule has 63 heavy (non-hydrogen) atoms. The van der Waals surface area contributed by atoms with Crippen LogP contribution in [0.2, 0.25) is 0 Å². The molecule has 1 aromatic heterocycles. The number of carbonyl (C=O) groups excluding carboxylic acids is 2. The zero-order chi connectivity index (χ0) is 43.3. The number of anilines is 4. The summed E-state index contributed by atoms with van der Waals surface area (Å²) in [7, 11) is -7.39. The van der Waals surface area contributed by atoms with Crippen LogP contribution in [0.3, 0.4) is 0 Å². The lowest BCUT2D eigenvalue weighted by atomic mass is 10.1. The molecule has 0 radical (unpaired) electrons. The SMILES string of the molecule is O=C1Cc2cc(S(=O)(=O)N3CCc4ccccc43)ccc2N1.O=C1Nc2ccc(S(=O)(=O)N3CCc4ccccc43)cc2/C1=C\c1cc2cc(OCCN3CCOCC3)ccc2[nH]1. The lowest BCUT2D eigenvalue weighted by molar-refractivity contribution is -0.115. The fraction of sp³-hybridized carbons (Fsp3) is 0.234. The van der Waals surface area contributed by atoms with E-state index in [0.29, 0.717) is 54.3 Å². The van der Waals surface area contributed by atoms with Crippen molar-refractivity contribution >= 4 is 77.2 Å². The zero-order valence-electron chi connectivity index (χ0n) is 34.2. The second-order valence-electron chi connectivity index (χ2n) is 16.0. The van der Waals surface area contributed by atoms with Gasteiger partial charge >= 0.3 is 0 Å². The Bertz CT molecular complexity index is 3070. The second-order valence-corrected chi connectivity index (χ2v) is 19.7. The summed E-state index contributed by atoms with van der Waals surface area (Å²) >= 11 is 0. The summed E-state index contributed by atoms with van der Waals surface area (Å²) in [4.78, 5) is 30.4. The number of fused-ring (bicyclic) bond motifs is 5. The number of carbonyl (C=O) groups is 2. The third-order valence-corrected chi connectivity index (χ3v) is 15.7. The Labute approximate surface area is 365 Å². The van der Waals surface area contributed by atoms with E-state index in [1.165, 1.54) is 8.61 Å². The predicted octanol–water partition coefficient (Wildman–Crippen LogP) is 6.06. The maximum Gasteiger partial charge on any atom is 0.264 e. The lowest BCUT2D eigenvalue weighted by Gasteiger charge is -2.26. The molecule has 0 unspecified atom stereocenters. The van der Waals surface area contributed by atoms with E-state index in [1.807, 2.05) is 72.8 Å². The zero-order valence-corrected chi connectivity index (χ0v) is 35.8. The van der Waals surface area contributed by atoms with Gasteiger partial charge in [0.15, 0.2) is 0 Å². The predicted molar refractivity (Wildman–Crippen MR) is 242 cm³/mol. The molecule has 11 rings (SSSR count). The van der Waals surface area contributed by atoms with Crippen LogP contribution in [0, 0.1) is 0 Å². The highest BCUT2D eigenvalue weighted by atomic mass is 32.2. The Hall–Kier alpha value is -6.46. The van der Waals surface area contributed by atoms with Crippen LogP contribution in [-0.4, -0.2) is 91.1 Å². The average Bonchev–Trinajstić information content (AvgIpc) is 4.13. The van der Waals surface area contributed by atoms with E-state index >= 15 is 0 Å². The van der Waals surface area contributed by atoms with Crippen molar-refractivity contribution in [2.24, 2.45) is 0 Å². The number of amides is 2. The van der Waals surface area contributed by atoms with Crippen molar-refractivity contribution in [2.45, 2.75) is 29.1 Å². The average molecular weight is 885 g/mol. The molecule has 0 aliphatic carbocycles.